The van der Waals surface area contributed by atoms with Gasteiger partial charge in [0, 0.05) is 23.6 Å². The molecule has 0 bridgehead atoms. The number of carbonyl (C=O) groups excluding carboxylic acids is 2. The highest BCUT2D eigenvalue weighted by atomic mass is 35.5. The number of aryl methyl sites for hydroxylation is 1. The number of benzene rings is 3. The zero-order chi connectivity index (χ0) is 26.5. The van der Waals surface area contributed by atoms with Gasteiger partial charge in [-0.05, 0) is 67.9 Å². The molecule has 0 radical (unpaired) electrons. The van der Waals surface area contributed by atoms with Crippen LogP contribution in [0.4, 0.5) is 5.69 Å². The molecule has 0 aliphatic carbocycles. The van der Waals surface area contributed by atoms with Crippen LogP contribution in [0.2, 0.25) is 10.0 Å². The van der Waals surface area contributed by atoms with Crippen LogP contribution in [0.3, 0.4) is 0 Å². The molecule has 0 heterocycles. The van der Waals surface area contributed by atoms with Crippen molar-refractivity contribution in [2.24, 2.45) is 0 Å². The Morgan fingerprint density at radius 2 is 1.42 bits per heavy atom. The molecule has 10 heteroatoms. The molecule has 190 valence electrons. The fourth-order valence-electron chi connectivity index (χ4n) is 3.55. The monoisotopic (exact) mass is 547 g/mol. The quantitative estimate of drug-likeness (QED) is 0.422. The van der Waals surface area contributed by atoms with Crippen LogP contribution in [0.15, 0.2) is 77.7 Å². The lowest BCUT2D eigenvalue weighted by atomic mass is 10.1. The highest BCUT2D eigenvalue weighted by Crippen LogP contribution is 2.26. The third kappa shape index (κ3) is 6.57. The minimum absolute atomic E-state index is 0.0103. The predicted octanol–water partition coefficient (Wildman–Crippen LogP) is 4.66. The maximum absolute atomic E-state index is 13.7. The number of hydrogen-bond acceptors (Lipinski definition) is 4. The maximum atomic E-state index is 13.7. The van der Waals surface area contributed by atoms with E-state index in [9.17, 15) is 18.0 Å². The number of nitrogens with zero attached hydrogens (tertiary/aromatic N) is 2. The molecule has 3 aromatic carbocycles. The maximum Gasteiger partial charge on any atom is 0.264 e. The van der Waals surface area contributed by atoms with Crippen LogP contribution in [-0.4, -0.2) is 44.8 Å². The third-order valence-corrected chi connectivity index (χ3v) is 7.97. The van der Waals surface area contributed by atoms with Gasteiger partial charge in [-0.2, -0.15) is 0 Å². The number of nitrogens with one attached hydrogen (secondary N) is 1. The number of amides is 2. The van der Waals surface area contributed by atoms with Gasteiger partial charge in [-0.1, -0.05) is 53.0 Å². The van der Waals surface area contributed by atoms with Crippen molar-refractivity contribution in [1.82, 2.24) is 10.2 Å². The summed E-state index contributed by atoms with van der Waals surface area (Å²) in [6, 6.07) is 18.6. The van der Waals surface area contributed by atoms with Gasteiger partial charge in [0.1, 0.15) is 12.6 Å². The van der Waals surface area contributed by atoms with E-state index >= 15 is 0 Å². The predicted molar refractivity (Wildman–Crippen MR) is 143 cm³/mol. The van der Waals surface area contributed by atoms with E-state index in [1.165, 1.54) is 36.2 Å². The van der Waals surface area contributed by atoms with Gasteiger partial charge in [0.2, 0.25) is 11.8 Å². The Bertz CT molecular complexity index is 1310. The molecule has 7 nitrogen and oxygen atoms in total. The van der Waals surface area contributed by atoms with Crippen LogP contribution < -0.4 is 9.62 Å². The molecule has 0 aromatic heterocycles. The van der Waals surface area contributed by atoms with Gasteiger partial charge in [-0.25, -0.2) is 8.42 Å². The summed E-state index contributed by atoms with van der Waals surface area (Å²) >= 11 is 11.9. The molecule has 0 saturated carbocycles. The molecule has 0 aliphatic heterocycles. The van der Waals surface area contributed by atoms with Gasteiger partial charge in [0.15, 0.2) is 0 Å². The average Bonchev–Trinajstić information content (AvgIpc) is 2.86. The van der Waals surface area contributed by atoms with E-state index in [1.807, 2.05) is 6.92 Å². The van der Waals surface area contributed by atoms with Crippen LogP contribution >= 0.6 is 23.2 Å². The average molecular weight is 548 g/mol. The second-order valence-corrected chi connectivity index (χ2v) is 11.0. The van der Waals surface area contributed by atoms with Gasteiger partial charge >= 0.3 is 0 Å². The van der Waals surface area contributed by atoms with Crippen LogP contribution in [0.5, 0.6) is 0 Å². The summed E-state index contributed by atoms with van der Waals surface area (Å²) in [5, 5.41) is 3.48. The lowest BCUT2D eigenvalue weighted by Gasteiger charge is -2.31. The van der Waals surface area contributed by atoms with Gasteiger partial charge in [-0.3, -0.25) is 13.9 Å². The summed E-state index contributed by atoms with van der Waals surface area (Å²) in [7, 11) is -2.65. The van der Waals surface area contributed by atoms with Crippen molar-refractivity contribution >= 4 is 50.7 Å². The standard InChI is InChI=1S/C26H27Cl2N3O4S/c1-18-4-12-23(13-5-18)31(36(34,35)24-14-10-22(28)11-15-24)17-25(32)30(19(2)26(33)29-3)16-20-6-8-21(27)9-7-20/h4-15,19H,16-17H2,1-3H3,(H,29,33). The fraction of sp³-hybridized carbons (Fsp3) is 0.231. The van der Waals surface area contributed by atoms with E-state index < -0.39 is 28.5 Å². The molecule has 3 rings (SSSR count). The Balaban J connectivity index is 2.01. The largest absolute Gasteiger partial charge is 0.357 e. The lowest BCUT2D eigenvalue weighted by molar-refractivity contribution is -0.139. The van der Waals surface area contributed by atoms with Gasteiger partial charge in [0.05, 0.1) is 10.6 Å². The van der Waals surface area contributed by atoms with Gasteiger partial charge in [-0.15, -0.1) is 0 Å². The van der Waals surface area contributed by atoms with Crippen molar-refractivity contribution in [1.29, 1.82) is 0 Å². The normalized spacial score (nSPS) is 12.0. The Labute approximate surface area is 221 Å². The topological polar surface area (TPSA) is 86.8 Å². The van der Waals surface area contributed by atoms with E-state index in [4.69, 9.17) is 23.2 Å². The molecule has 36 heavy (non-hydrogen) atoms. The summed E-state index contributed by atoms with van der Waals surface area (Å²) in [6.45, 7) is 3.05. The lowest BCUT2D eigenvalue weighted by Crippen LogP contribution is -2.50. The van der Waals surface area contributed by atoms with Crippen molar-refractivity contribution in [3.8, 4) is 0 Å². The molecular formula is C26H27Cl2N3O4S. The van der Waals surface area contributed by atoms with Crippen molar-refractivity contribution in [3.05, 3.63) is 94.0 Å². The number of anilines is 1. The highest BCUT2D eigenvalue weighted by Gasteiger charge is 2.32. The Morgan fingerprint density at radius 1 is 0.889 bits per heavy atom. The van der Waals surface area contributed by atoms with E-state index in [-0.39, 0.29) is 17.3 Å². The molecule has 1 N–H and O–H groups in total. The number of sulfonamides is 1. The van der Waals surface area contributed by atoms with Crippen molar-refractivity contribution in [2.45, 2.75) is 31.3 Å². The van der Waals surface area contributed by atoms with E-state index in [0.717, 1.165) is 15.4 Å². The summed E-state index contributed by atoms with van der Waals surface area (Å²) < 4.78 is 28.4. The summed E-state index contributed by atoms with van der Waals surface area (Å²) in [4.78, 5) is 27.5. The molecule has 0 aliphatic rings. The number of carbonyl (C=O) groups is 2. The second kappa shape index (κ2) is 11.8. The molecule has 2 amide bonds. The smallest absolute Gasteiger partial charge is 0.264 e. The minimum atomic E-state index is -4.13. The highest BCUT2D eigenvalue weighted by molar-refractivity contribution is 7.92. The summed E-state index contributed by atoms with van der Waals surface area (Å²) in [5.74, 6) is -0.918. The Kier molecular flexibility index (Phi) is 9.00. The van der Waals surface area contributed by atoms with Crippen molar-refractivity contribution in [3.63, 3.8) is 0 Å². The SMILES string of the molecule is CNC(=O)C(C)N(Cc1ccc(Cl)cc1)C(=O)CN(c1ccc(C)cc1)S(=O)(=O)c1ccc(Cl)cc1. The first kappa shape index (κ1) is 27.5. The molecule has 0 spiro atoms. The zero-order valence-corrected chi connectivity index (χ0v) is 22.4. The van der Waals surface area contributed by atoms with Crippen LogP contribution in [0.25, 0.3) is 0 Å². The molecule has 1 unspecified atom stereocenters. The number of hydrogen-bond donors (Lipinski definition) is 1. The summed E-state index contributed by atoms with van der Waals surface area (Å²) in [6.07, 6.45) is 0. The minimum Gasteiger partial charge on any atom is -0.357 e. The molecule has 0 fully saturated rings. The van der Waals surface area contributed by atoms with Crippen molar-refractivity contribution < 1.29 is 18.0 Å². The first-order valence-corrected chi connectivity index (χ1v) is 13.3. The number of halogens is 2. The zero-order valence-electron chi connectivity index (χ0n) is 20.1. The third-order valence-electron chi connectivity index (χ3n) is 5.68. The molecule has 1 atom stereocenters. The first-order chi connectivity index (χ1) is 17.0. The number of rotatable bonds is 9. The Hall–Kier alpha value is -3.07. The van der Waals surface area contributed by atoms with Crippen LogP contribution in [0.1, 0.15) is 18.1 Å². The fourth-order valence-corrected chi connectivity index (χ4v) is 5.22. The van der Waals surface area contributed by atoms with E-state index in [0.29, 0.717) is 15.7 Å². The van der Waals surface area contributed by atoms with Gasteiger partial charge < -0.3 is 10.2 Å². The van der Waals surface area contributed by atoms with Gasteiger partial charge in [0.25, 0.3) is 10.0 Å². The Morgan fingerprint density at radius 3 is 1.94 bits per heavy atom. The number of likely N-dealkylation sites (N-methyl/N-ethyl adjacent to an activating group) is 1. The van der Waals surface area contributed by atoms with Crippen LogP contribution in [0, 0.1) is 6.92 Å². The second-order valence-electron chi connectivity index (χ2n) is 8.24. The molecular weight excluding hydrogens is 521 g/mol. The molecule has 3 aromatic rings. The van der Waals surface area contributed by atoms with Crippen molar-refractivity contribution in [2.75, 3.05) is 17.9 Å². The van der Waals surface area contributed by atoms with E-state index in [2.05, 4.69) is 5.32 Å². The summed E-state index contributed by atoms with van der Waals surface area (Å²) in [5.41, 5.74) is 2.00. The van der Waals surface area contributed by atoms with Crippen LogP contribution in [-0.2, 0) is 26.2 Å². The molecule has 0 saturated heterocycles. The first-order valence-electron chi connectivity index (χ1n) is 11.1. The van der Waals surface area contributed by atoms with E-state index in [1.54, 1.807) is 55.5 Å².